The van der Waals surface area contributed by atoms with Crippen LogP contribution in [0, 0.1) is 6.92 Å². The highest BCUT2D eigenvalue weighted by Gasteiger charge is 2.06. The first-order valence-electron chi connectivity index (χ1n) is 6.20. The maximum absolute atomic E-state index is 10.8. The van der Waals surface area contributed by atoms with Crippen molar-refractivity contribution in [2.45, 2.75) is 20.0 Å². The molecule has 0 atom stereocenters. The smallest absolute Gasteiger partial charge is 0.335 e. The molecule has 2 aromatic rings. The second-order valence-corrected chi connectivity index (χ2v) is 5.38. The number of aromatic carboxylic acids is 1. The molecular weight excluding hydrogens is 320 g/mol. The molecule has 0 aliphatic heterocycles. The number of benzene rings is 1. The van der Waals surface area contributed by atoms with Crippen LogP contribution in [0.3, 0.4) is 0 Å². The summed E-state index contributed by atoms with van der Waals surface area (Å²) in [5.74, 6) is -0.920. The van der Waals surface area contributed by atoms with Crippen molar-refractivity contribution in [2.75, 3.05) is 0 Å². The Morgan fingerprint density at radius 1 is 1.30 bits per heavy atom. The van der Waals surface area contributed by atoms with Gasteiger partial charge in [-0.05, 0) is 36.2 Å². The molecule has 4 nitrogen and oxygen atoms in total. The van der Waals surface area contributed by atoms with Gasteiger partial charge in [-0.25, -0.2) is 4.79 Å². The lowest BCUT2D eigenvalue weighted by atomic mass is 10.1. The number of pyridine rings is 1. The zero-order valence-electron chi connectivity index (χ0n) is 11.1. The number of carbonyl (C=O) groups is 1. The minimum Gasteiger partial charge on any atom is -0.478 e. The summed E-state index contributed by atoms with van der Waals surface area (Å²) in [6.07, 6.45) is 1.85. The maximum Gasteiger partial charge on any atom is 0.335 e. The number of carboxylic acids is 1. The fraction of sp³-hybridized carbons (Fsp3) is 0.200. The molecule has 20 heavy (non-hydrogen) atoms. The second kappa shape index (κ2) is 6.63. The number of aromatic nitrogens is 1. The number of nitrogens with one attached hydrogen (secondary N) is 1. The normalized spacial score (nSPS) is 10.5. The number of hydrogen-bond acceptors (Lipinski definition) is 3. The fourth-order valence-electron chi connectivity index (χ4n) is 1.77. The molecule has 0 saturated heterocycles. The molecule has 104 valence electrons. The number of carboxylic acid groups (broad SMARTS) is 1. The van der Waals surface area contributed by atoms with Gasteiger partial charge in [-0.15, -0.1) is 0 Å². The maximum atomic E-state index is 10.8. The molecule has 0 aliphatic carbocycles. The topological polar surface area (TPSA) is 62.2 Å². The molecule has 0 spiro atoms. The summed E-state index contributed by atoms with van der Waals surface area (Å²) in [5, 5.41) is 12.2. The van der Waals surface area contributed by atoms with Gasteiger partial charge in [-0.3, -0.25) is 4.98 Å². The molecule has 0 unspecified atom stereocenters. The van der Waals surface area contributed by atoms with Gasteiger partial charge in [0.2, 0.25) is 0 Å². The van der Waals surface area contributed by atoms with Crippen LogP contribution < -0.4 is 5.32 Å². The lowest BCUT2D eigenvalue weighted by Gasteiger charge is -2.08. The monoisotopic (exact) mass is 334 g/mol. The van der Waals surface area contributed by atoms with E-state index < -0.39 is 5.97 Å². The zero-order chi connectivity index (χ0) is 14.5. The largest absolute Gasteiger partial charge is 0.478 e. The Morgan fingerprint density at radius 2 is 2.10 bits per heavy atom. The van der Waals surface area contributed by atoms with E-state index in [9.17, 15) is 4.79 Å². The SMILES string of the molecule is Cc1ccc(CNCc2ccc(C(=O)O)cc2Br)cn1. The van der Waals surface area contributed by atoms with E-state index in [4.69, 9.17) is 5.11 Å². The molecule has 5 heteroatoms. The summed E-state index contributed by atoms with van der Waals surface area (Å²) in [5.41, 5.74) is 3.42. The molecule has 0 fully saturated rings. The number of halogens is 1. The number of hydrogen-bond donors (Lipinski definition) is 2. The lowest BCUT2D eigenvalue weighted by Crippen LogP contribution is -2.13. The Kier molecular flexibility index (Phi) is 4.87. The van der Waals surface area contributed by atoms with Gasteiger partial charge in [0.15, 0.2) is 0 Å². The first-order chi connectivity index (χ1) is 9.56. The van der Waals surface area contributed by atoms with Crippen molar-refractivity contribution in [3.05, 3.63) is 63.4 Å². The quantitative estimate of drug-likeness (QED) is 0.881. The van der Waals surface area contributed by atoms with E-state index >= 15 is 0 Å². The number of aryl methyl sites for hydroxylation is 1. The van der Waals surface area contributed by atoms with Crippen LogP contribution in [0.15, 0.2) is 41.0 Å². The van der Waals surface area contributed by atoms with E-state index in [0.29, 0.717) is 6.54 Å². The average molecular weight is 335 g/mol. The van der Waals surface area contributed by atoms with Crippen LogP contribution in [0.25, 0.3) is 0 Å². The van der Waals surface area contributed by atoms with Gasteiger partial charge in [0, 0.05) is 29.5 Å². The molecule has 0 radical (unpaired) electrons. The molecule has 1 aromatic heterocycles. The van der Waals surface area contributed by atoms with Gasteiger partial charge < -0.3 is 10.4 Å². The number of rotatable bonds is 5. The highest BCUT2D eigenvalue weighted by Crippen LogP contribution is 2.18. The van der Waals surface area contributed by atoms with Gasteiger partial charge in [-0.1, -0.05) is 28.1 Å². The Balaban J connectivity index is 1.94. The predicted molar refractivity (Wildman–Crippen MR) is 80.6 cm³/mol. The summed E-state index contributed by atoms with van der Waals surface area (Å²) in [6, 6.07) is 9.06. The van der Waals surface area contributed by atoms with Gasteiger partial charge in [0.25, 0.3) is 0 Å². The van der Waals surface area contributed by atoms with Crippen LogP contribution >= 0.6 is 15.9 Å². The molecule has 2 rings (SSSR count). The Morgan fingerprint density at radius 3 is 2.70 bits per heavy atom. The Labute approximate surface area is 126 Å². The van der Waals surface area contributed by atoms with E-state index in [0.717, 1.165) is 27.8 Å². The van der Waals surface area contributed by atoms with E-state index in [1.807, 2.05) is 31.3 Å². The third-order valence-electron chi connectivity index (χ3n) is 2.92. The van der Waals surface area contributed by atoms with E-state index in [2.05, 4.69) is 26.2 Å². The third-order valence-corrected chi connectivity index (χ3v) is 3.66. The minimum absolute atomic E-state index is 0.281. The van der Waals surface area contributed by atoms with Crippen LogP contribution in [-0.4, -0.2) is 16.1 Å². The summed E-state index contributed by atoms with van der Waals surface area (Å²) in [4.78, 5) is 15.1. The standard InChI is InChI=1S/C15H15BrN2O2/c1-10-2-3-11(8-18-10)7-17-9-13-5-4-12(15(19)20)6-14(13)16/h2-6,8,17H,7,9H2,1H3,(H,19,20). The van der Waals surface area contributed by atoms with Crippen LogP contribution in [0.5, 0.6) is 0 Å². The lowest BCUT2D eigenvalue weighted by molar-refractivity contribution is 0.0697. The van der Waals surface area contributed by atoms with Crippen LogP contribution in [-0.2, 0) is 13.1 Å². The molecule has 0 saturated carbocycles. The summed E-state index contributed by atoms with van der Waals surface area (Å²) >= 11 is 3.40. The van der Waals surface area contributed by atoms with Crippen molar-refractivity contribution in [3.63, 3.8) is 0 Å². The van der Waals surface area contributed by atoms with E-state index in [1.165, 1.54) is 0 Å². The van der Waals surface area contributed by atoms with Crippen molar-refractivity contribution in [2.24, 2.45) is 0 Å². The molecule has 0 aliphatic rings. The van der Waals surface area contributed by atoms with Crippen molar-refractivity contribution < 1.29 is 9.90 Å². The fourth-order valence-corrected chi connectivity index (χ4v) is 2.29. The summed E-state index contributed by atoms with van der Waals surface area (Å²) in [6.45, 7) is 3.34. The highest BCUT2D eigenvalue weighted by molar-refractivity contribution is 9.10. The van der Waals surface area contributed by atoms with Gasteiger partial charge in [0.1, 0.15) is 0 Å². The molecule has 2 N–H and O–H groups in total. The first kappa shape index (κ1) is 14.7. The summed E-state index contributed by atoms with van der Waals surface area (Å²) in [7, 11) is 0. The predicted octanol–water partition coefficient (Wildman–Crippen LogP) is 3.14. The van der Waals surface area contributed by atoms with Gasteiger partial charge in [-0.2, -0.15) is 0 Å². The van der Waals surface area contributed by atoms with Crippen LogP contribution in [0.1, 0.15) is 27.2 Å². The first-order valence-corrected chi connectivity index (χ1v) is 6.99. The van der Waals surface area contributed by atoms with Crippen molar-refractivity contribution in [1.82, 2.24) is 10.3 Å². The molecule has 0 bridgehead atoms. The van der Waals surface area contributed by atoms with Crippen LogP contribution in [0.4, 0.5) is 0 Å². The Hall–Kier alpha value is -1.72. The van der Waals surface area contributed by atoms with Crippen molar-refractivity contribution >= 4 is 21.9 Å². The number of nitrogens with zero attached hydrogens (tertiary/aromatic N) is 1. The third kappa shape index (κ3) is 3.88. The highest BCUT2D eigenvalue weighted by atomic mass is 79.9. The van der Waals surface area contributed by atoms with Crippen LogP contribution in [0.2, 0.25) is 0 Å². The van der Waals surface area contributed by atoms with Gasteiger partial charge >= 0.3 is 5.97 Å². The van der Waals surface area contributed by atoms with E-state index in [1.54, 1.807) is 12.1 Å². The average Bonchev–Trinajstić information content (AvgIpc) is 2.42. The minimum atomic E-state index is -0.920. The van der Waals surface area contributed by atoms with E-state index in [-0.39, 0.29) is 5.56 Å². The molecular formula is C15H15BrN2O2. The Bertz CT molecular complexity index is 612. The van der Waals surface area contributed by atoms with Crippen molar-refractivity contribution in [3.8, 4) is 0 Å². The molecule has 0 amide bonds. The summed E-state index contributed by atoms with van der Waals surface area (Å²) < 4.78 is 0.798. The van der Waals surface area contributed by atoms with Crippen molar-refractivity contribution in [1.29, 1.82) is 0 Å². The zero-order valence-corrected chi connectivity index (χ0v) is 12.6. The van der Waals surface area contributed by atoms with Gasteiger partial charge in [0.05, 0.1) is 5.56 Å². The molecule has 1 aromatic carbocycles. The molecule has 1 heterocycles. The second-order valence-electron chi connectivity index (χ2n) is 4.52.